The van der Waals surface area contributed by atoms with E-state index in [1.165, 1.54) is 29.7 Å². The van der Waals surface area contributed by atoms with E-state index in [-0.39, 0.29) is 0 Å². The number of nitrogens with zero attached hydrogens (tertiary/aromatic N) is 1. The summed E-state index contributed by atoms with van der Waals surface area (Å²) in [6.45, 7) is 5.49. The van der Waals surface area contributed by atoms with Gasteiger partial charge in [-0.25, -0.2) is 0 Å². The van der Waals surface area contributed by atoms with E-state index in [1.54, 1.807) is 0 Å². The maximum atomic E-state index is 3.44. The summed E-state index contributed by atoms with van der Waals surface area (Å²) < 4.78 is 0. The van der Waals surface area contributed by atoms with Crippen LogP contribution >= 0.6 is 0 Å². The first-order chi connectivity index (χ1) is 7.29. The fourth-order valence-electron chi connectivity index (χ4n) is 2.05. The van der Waals surface area contributed by atoms with Gasteiger partial charge in [0.15, 0.2) is 0 Å². The molecule has 0 spiro atoms. The number of hydrogen-bond donors (Lipinski definition) is 1. The van der Waals surface area contributed by atoms with E-state index in [9.17, 15) is 0 Å². The monoisotopic (exact) mass is 204 g/mol. The molecule has 15 heavy (non-hydrogen) atoms. The molecule has 0 aromatic heterocycles. The highest BCUT2D eigenvalue weighted by atomic mass is 15.1. The molecule has 0 fully saturated rings. The molecule has 2 nitrogen and oxygen atoms in total. The summed E-state index contributed by atoms with van der Waals surface area (Å²) in [7, 11) is 2.16. The van der Waals surface area contributed by atoms with Gasteiger partial charge in [-0.2, -0.15) is 0 Å². The fourth-order valence-corrected chi connectivity index (χ4v) is 2.05. The Balaban J connectivity index is 2.13. The van der Waals surface area contributed by atoms with Crippen molar-refractivity contribution in [1.82, 2.24) is 4.90 Å². The van der Waals surface area contributed by atoms with Crippen molar-refractivity contribution in [3.05, 3.63) is 29.3 Å². The summed E-state index contributed by atoms with van der Waals surface area (Å²) in [6.07, 6.45) is 2.49. The maximum absolute atomic E-state index is 3.44. The summed E-state index contributed by atoms with van der Waals surface area (Å²) in [4.78, 5) is 2.33. The zero-order valence-corrected chi connectivity index (χ0v) is 9.71. The SMILES string of the molecule is CCN(C)Cc1ccc2c(c1)CCCN2. The topological polar surface area (TPSA) is 15.3 Å². The molecule has 2 heteroatoms. The number of anilines is 1. The third kappa shape index (κ3) is 2.51. The smallest absolute Gasteiger partial charge is 0.0372 e. The highest BCUT2D eigenvalue weighted by molar-refractivity contribution is 5.54. The number of fused-ring (bicyclic) bond motifs is 1. The zero-order chi connectivity index (χ0) is 10.7. The van der Waals surface area contributed by atoms with Gasteiger partial charge in [0.25, 0.3) is 0 Å². The second kappa shape index (κ2) is 4.67. The molecule has 0 atom stereocenters. The molecule has 0 aliphatic carbocycles. The highest BCUT2D eigenvalue weighted by Gasteiger charge is 2.08. The van der Waals surface area contributed by atoms with Crippen LogP contribution in [-0.4, -0.2) is 25.0 Å². The van der Waals surface area contributed by atoms with Gasteiger partial charge in [-0.05, 0) is 43.6 Å². The zero-order valence-electron chi connectivity index (χ0n) is 9.71. The molecule has 0 saturated heterocycles. The number of benzene rings is 1. The Labute approximate surface area is 92.3 Å². The molecule has 1 heterocycles. The van der Waals surface area contributed by atoms with Crippen LogP contribution in [0.4, 0.5) is 5.69 Å². The van der Waals surface area contributed by atoms with Crippen LogP contribution in [0.15, 0.2) is 18.2 Å². The van der Waals surface area contributed by atoms with Crippen LogP contribution in [0, 0.1) is 0 Å². The molecule has 0 radical (unpaired) electrons. The predicted octanol–water partition coefficient (Wildman–Crippen LogP) is 2.50. The Morgan fingerprint density at radius 3 is 3.07 bits per heavy atom. The minimum atomic E-state index is 1.06. The lowest BCUT2D eigenvalue weighted by Crippen LogP contribution is -2.17. The molecule has 0 saturated carbocycles. The summed E-state index contributed by atoms with van der Waals surface area (Å²) in [5.41, 5.74) is 4.26. The Hall–Kier alpha value is -1.02. The normalized spacial score (nSPS) is 14.9. The molecule has 82 valence electrons. The lowest BCUT2D eigenvalue weighted by molar-refractivity contribution is 0.345. The van der Waals surface area contributed by atoms with E-state index in [4.69, 9.17) is 0 Å². The van der Waals surface area contributed by atoms with Gasteiger partial charge in [0.1, 0.15) is 0 Å². The standard InChI is InChI=1S/C13H20N2/c1-3-15(2)10-11-6-7-13-12(9-11)5-4-8-14-13/h6-7,9,14H,3-5,8,10H2,1-2H3. The second-order valence-corrected chi connectivity index (χ2v) is 4.35. The third-order valence-electron chi connectivity index (χ3n) is 3.10. The van der Waals surface area contributed by atoms with Crippen molar-refractivity contribution in [2.75, 3.05) is 25.5 Å². The van der Waals surface area contributed by atoms with Gasteiger partial charge in [0.05, 0.1) is 0 Å². The number of aryl methyl sites for hydroxylation is 1. The summed E-state index contributed by atoms with van der Waals surface area (Å²) in [5.74, 6) is 0. The van der Waals surface area contributed by atoms with Gasteiger partial charge in [-0.15, -0.1) is 0 Å². The van der Waals surface area contributed by atoms with Crippen LogP contribution in [0.5, 0.6) is 0 Å². The molecule has 1 aliphatic heterocycles. The van der Waals surface area contributed by atoms with Crippen LogP contribution in [0.3, 0.4) is 0 Å². The lowest BCUT2D eigenvalue weighted by Gasteiger charge is -2.20. The predicted molar refractivity (Wildman–Crippen MR) is 65.3 cm³/mol. The fraction of sp³-hybridized carbons (Fsp3) is 0.538. The van der Waals surface area contributed by atoms with Crippen LogP contribution < -0.4 is 5.32 Å². The van der Waals surface area contributed by atoms with E-state index in [0.717, 1.165) is 19.6 Å². The number of nitrogens with one attached hydrogen (secondary N) is 1. The Kier molecular flexibility index (Phi) is 3.27. The molecular formula is C13H20N2. The van der Waals surface area contributed by atoms with E-state index in [0.29, 0.717) is 0 Å². The van der Waals surface area contributed by atoms with Crippen molar-refractivity contribution >= 4 is 5.69 Å². The van der Waals surface area contributed by atoms with Crippen LogP contribution in [0.25, 0.3) is 0 Å². The van der Waals surface area contributed by atoms with Gasteiger partial charge in [-0.1, -0.05) is 19.1 Å². The quantitative estimate of drug-likeness (QED) is 0.813. The molecule has 1 aromatic carbocycles. The molecule has 0 amide bonds. The Bertz CT molecular complexity index is 333. The first-order valence-corrected chi connectivity index (χ1v) is 5.84. The average molecular weight is 204 g/mol. The maximum Gasteiger partial charge on any atom is 0.0372 e. The van der Waals surface area contributed by atoms with Gasteiger partial charge in [0, 0.05) is 18.8 Å². The lowest BCUT2D eigenvalue weighted by atomic mass is 10.0. The van der Waals surface area contributed by atoms with Gasteiger partial charge in [-0.3, -0.25) is 0 Å². The molecule has 2 rings (SSSR count). The van der Waals surface area contributed by atoms with Gasteiger partial charge < -0.3 is 10.2 Å². The van der Waals surface area contributed by atoms with E-state index in [2.05, 4.69) is 42.4 Å². The molecule has 0 unspecified atom stereocenters. The molecular weight excluding hydrogens is 184 g/mol. The van der Waals surface area contributed by atoms with Crippen molar-refractivity contribution < 1.29 is 0 Å². The minimum Gasteiger partial charge on any atom is -0.385 e. The van der Waals surface area contributed by atoms with Gasteiger partial charge in [0.2, 0.25) is 0 Å². The van der Waals surface area contributed by atoms with E-state index in [1.807, 2.05) is 0 Å². The average Bonchev–Trinajstić information content (AvgIpc) is 2.29. The summed E-state index contributed by atoms with van der Waals surface area (Å²) in [6, 6.07) is 6.82. The third-order valence-corrected chi connectivity index (χ3v) is 3.10. The Morgan fingerprint density at radius 1 is 1.40 bits per heavy atom. The Morgan fingerprint density at radius 2 is 2.27 bits per heavy atom. The van der Waals surface area contributed by atoms with Crippen LogP contribution in [0.1, 0.15) is 24.5 Å². The summed E-state index contributed by atoms with van der Waals surface area (Å²) >= 11 is 0. The second-order valence-electron chi connectivity index (χ2n) is 4.35. The van der Waals surface area contributed by atoms with Gasteiger partial charge >= 0.3 is 0 Å². The van der Waals surface area contributed by atoms with E-state index >= 15 is 0 Å². The van der Waals surface area contributed by atoms with Crippen LogP contribution in [0.2, 0.25) is 0 Å². The summed E-state index contributed by atoms with van der Waals surface area (Å²) in [5, 5.41) is 3.44. The largest absolute Gasteiger partial charge is 0.385 e. The van der Waals surface area contributed by atoms with E-state index < -0.39 is 0 Å². The minimum absolute atomic E-state index is 1.06. The highest BCUT2D eigenvalue weighted by Crippen LogP contribution is 2.23. The van der Waals surface area contributed by atoms with Crippen molar-refractivity contribution in [3.63, 3.8) is 0 Å². The number of hydrogen-bond acceptors (Lipinski definition) is 2. The molecule has 1 N–H and O–H groups in total. The van der Waals surface area contributed by atoms with Crippen molar-refractivity contribution in [3.8, 4) is 0 Å². The number of rotatable bonds is 3. The van der Waals surface area contributed by atoms with Crippen molar-refractivity contribution in [2.24, 2.45) is 0 Å². The van der Waals surface area contributed by atoms with Crippen molar-refractivity contribution in [2.45, 2.75) is 26.3 Å². The molecule has 0 bridgehead atoms. The molecule has 1 aromatic rings. The first kappa shape index (κ1) is 10.5. The first-order valence-electron chi connectivity index (χ1n) is 5.84. The van der Waals surface area contributed by atoms with Crippen molar-refractivity contribution in [1.29, 1.82) is 0 Å². The van der Waals surface area contributed by atoms with Crippen LogP contribution in [-0.2, 0) is 13.0 Å². The molecule has 1 aliphatic rings.